The third-order valence-electron chi connectivity index (χ3n) is 6.32. The number of hydrogen-bond acceptors (Lipinski definition) is 6. The summed E-state index contributed by atoms with van der Waals surface area (Å²) in [7, 11) is 3.61. The van der Waals surface area contributed by atoms with E-state index in [4.69, 9.17) is 4.98 Å². The topological polar surface area (TPSA) is 81.7 Å². The van der Waals surface area contributed by atoms with E-state index in [-0.39, 0.29) is 17.9 Å². The number of amides is 2. The number of anilines is 2. The molecule has 170 valence electrons. The van der Waals surface area contributed by atoms with Crippen LogP contribution in [-0.4, -0.2) is 65.3 Å². The highest BCUT2D eigenvalue weighted by molar-refractivity contribution is 5.95. The highest BCUT2D eigenvalue weighted by atomic mass is 16.2. The minimum absolute atomic E-state index is 0.0385. The largest absolute Gasteiger partial charge is 0.373 e. The Kier molecular flexibility index (Phi) is 6.58. The zero-order valence-corrected chi connectivity index (χ0v) is 19.2. The number of likely N-dealkylation sites (tertiary alicyclic amines) is 1. The van der Waals surface area contributed by atoms with Crippen molar-refractivity contribution in [2.45, 2.75) is 45.2 Å². The molecule has 0 aliphatic carbocycles. The van der Waals surface area contributed by atoms with Gasteiger partial charge < -0.3 is 20.0 Å². The second-order valence-electron chi connectivity index (χ2n) is 8.63. The van der Waals surface area contributed by atoms with Gasteiger partial charge in [0, 0.05) is 58.0 Å². The van der Waals surface area contributed by atoms with Gasteiger partial charge in [0.25, 0.3) is 5.91 Å². The number of nitrogens with one attached hydrogen (secondary N) is 1. The SMILES string of the molecule is CNc1cc(CN(C)C(=O)c2cccc(N3CCCC3)c2)nc([C@@H]2CCCN2C(C)=O)n1. The molecule has 0 bridgehead atoms. The van der Waals surface area contributed by atoms with E-state index in [1.54, 1.807) is 18.9 Å². The summed E-state index contributed by atoms with van der Waals surface area (Å²) in [6.45, 7) is 4.77. The third-order valence-corrected chi connectivity index (χ3v) is 6.32. The Balaban J connectivity index is 1.52. The van der Waals surface area contributed by atoms with E-state index in [0.717, 1.165) is 43.9 Å². The van der Waals surface area contributed by atoms with Crippen molar-refractivity contribution in [3.8, 4) is 0 Å². The molecule has 1 aromatic carbocycles. The molecule has 2 amide bonds. The van der Waals surface area contributed by atoms with Crippen molar-refractivity contribution < 1.29 is 9.59 Å². The lowest BCUT2D eigenvalue weighted by Crippen LogP contribution is -2.30. The van der Waals surface area contributed by atoms with Gasteiger partial charge in [-0.3, -0.25) is 9.59 Å². The van der Waals surface area contributed by atoms with Gasteiger partial charge in [0.15, 0.2) is 5.82 Å². The molecule has 2 saturated heterocycles. The normalized spacial score (nSPS) is 18.2. The van der Waals surface area contributed by atoms with Crippen LogP contribution in [0.15, 0.2) is 30.3 Å². The molecule has 8 nitrogen and oxygen atoms in total. The molecule has 8 heteroatoms. The summed E-state index contributed by atoms with van der Waals surface area (Å²) in [5.74, 6) is 1.33. The van der Waals surface area contributed by atoms with Gasteiger partial charge in [0.2, 0.25) is 5.91 Å². The molecule has 2 fully saturated rings. The average Bonchev–Trinajstić information content (AvgIpc) is 3.50. The first-order valence-electron chi connectivity index (χ1n) is 11.4. The zero-order valence-electron chi connectivity index (χ0n) is 19.2. The van der Waals surface area contributed by atoms with Crippen LogP contribution in [0, 0.1) is 0 Å². The summed E-state index contributed by atoms with van der Waals surface area (Å²) in [6.07, 6.45) is 4.19. The second kappa shape index (κ2) is 9.54. The predicted molar refractivity (Wildman–Crippen MR) is 125 cm³/mol. The van der Waals surface area contributed by atoms with E-state index >= 15 is 0 Å². The Labute approximate surface area is 189 Å². The Morgan fingerprint density at radius 3 is 2.62 bits per heavy atom. The fourth-order valence-electron chi connectivity index (χ4n) is 4.63. The van der Waals surface area contributed by atoms with Crippen LogP contribution in [0.2, 0.25) is 0 Å². The maximum atomic E-state index is 13.1. The highest BCUT2D eigenvalue weighted by Gasteiger charge is 2.30. The van der Waals surface area contributed by atoms with Gasteiger partial charge in [-0.15, -0.1) is 0 Å². The molecule has 0 saturated carbocycles. The Bertz CT molecular complexity index is 988. The van der Waals surface area contributed by atoms with Crippen LogP contribution in [0.4, 0.5) is 11.5 Å². The summed E-state index contributed by atoms with van der Waals surface area (Å²) in [5.41, 5.74) is 2.54. The molecule has 32 heavy (non-hydrogen) atoms. The van der Waals surface area contributed by atoms with E-state index in [1.165, 1.54) is 12.8 Å². The summed E-state index contributed by atoms with van der Waals surface area (Å²) in [4.78, 5) is 40.4. The Morgan fingerprint density at radius 2 is 1.91 bits per heavy atom. The van der Waals surface area contributed by atoms with Gasteiger partial charge >= 0.3 is 0 Å². The van der Waals surface area contributed by atoms with Crippen molar-refractivity contribution >= 4 is 23.3 Å². The van der Waals surface area contributed by atoms with Crippen LogP contribution in [-0.2, 0) is 11.3 Å². The van der Waals surface area contributed by atoms with E-state index in [0.29, 0.717) is 23.8 Å². The number of hydrogen-bond donors (Lipinski definition) is 1. The lowest BCUT2D eigenvalue weighted by molar-refractivity contribution is -0.129. The van der Waals surface area contributed by atoms with Crippen LogP contribution in [0.3, 0.4) is 0 Å². The lowest BCUT2D eigenvalue weighted by Gasteiger charge is -2.24. The van der Waals surface area contributed by atoms with Gasteiger partial charge in [-0.2, -0.15) is 0 Å². The molecular formula is C24H32N6O2. The molecule has 1 N–H and O–H groups in total. The maximum absolute atomic E-state index is 13.1. The van der Waals surface area contributed by atoms with E-state index in [1.807, 2.05) is 36.2 Å². The quantitative estimate of drug-likeness (QED) is 0.750. The van der Waals surface area contributed by atoms with Gasteiger partial charge in [-0.05, 0) is 43.9 Å². The first-order chi connectivity index (χ1) is 15.5. The van der Waals surface area contributed by atoms with Crippen molar-refractivity contribution in [3.63, 3.8) is 0 Å². The standard InChI is InChI=1S/C24H32N6O2/c1-17(31)30-13-7-10-21(30)23-26-19(15-22(25-2)27-23)16-28(3)24(32)18-8-6-9-20(14-18)29-11-4-5-12-29/h6,8-9,14-15,21H,4-5,7,10-13,16H2,1-3H3,(H,25,26,27)/t21-/m0/s1. The first kappa shape index (κ1) is 22.0. The molecule has 2 aliphatic rings. The fourth-order valence-corrected chi connectivity index (χ4v) is 4.63. The number of rotatable bonds is 6. The number of carbonyl (C=O) groups excluding carboxylic acids is 2. The molecule has 2 aromatic rings. The van der Waals surface area contributed by atoms with Gasteiger partial charge in [-0.25, -0.2) is 9.97 Å². The number of benzene rings is 1. The Hall–Kier alpha value is -3.16. The van der Waals surface area contributed by atoms with Crippen LogP contribution < -0.4 is 10.2 Å². The molecule has 0 radical (unpaired) electrons. The van der Waals surface area contributed by atoms with E-state index < -0.39 is 0 Å². The second-order valence-corrected chi connectivity index (χ2v) is 8.63. The van der Waals surface area contributed by atoms with Crippen molar-refractivity contribution in [2.24, 2.45) is 0 Å². The molecule has 1 atom stereocenters. The molecule has 2 aliphatic heterocycles. The smallest absolute Gasteiger partial charge is 0.254 e. The molecule has 0 unspecified atom stereocenters. The number of aromatic nitrogens is 2. The van der Waals surface area contributed by atoms with Crippen molar-refractivity contribution in [2.75, 3.05) is 43.9 Å². The van der Waals surface area contributed by atoms with Crippen molar-refractivity contribution in [1.82, 2.24) is 19.8 Å². The average molecular weight is 437 g/mol. The summed E-state index contributed by atoms with van der Waals surface area (Å²) in [5, 5.41) is 3.08. The summed E-state index contributed by atoms with van der Waals surface area (Å²) >= 11 is 0. The predicted octanol–water partition coefficient (Wildman–Crippen LogP) is 3.07. The summed E-state index contributed by atoms with van der Waals surface area (Å²) in [6, 6.07) is 9.62. The maximum Gasteiger partial charge on any atom is 0.254 e. The van der Waals surface area contributed by atoms with Crippen LogP contribution in [0.25, 0.3) is 0 Å². The van der Waals surface area contributed by atoms with Gasteiger partial charge in [0.1, 0.15) is 5.82 Å². The molecular weight excluding hydrogens is 404 g/mol. The lowest BCUT2D eigenvalue weighted by atomic mass is 10.1. The highest BCUT2D eigenvalue weighted by Crippen LogP contribution is 2.30. The van der Waals surface area contributed by atoms with Crippen molar-refractivity contribution in [1.29, 1.82) is 0 Å². The van der Waals surface area contributed by atoms with Gasteiger partial charge in [0.05, 0.1) is 18.3 Å². The van der Waals surface area contributed by atoms with Crippen LogP contribution in [0.5, 0.6) is 0 Å². The van der Waals surface area contributed by atoms with Crippen LogP contribution in [0.1, 0.15) is 60.5 Å². The van der Waals surface area contributed by atoms with E-state index in [9.17, 15) is 9.59 Å². The minimum atomic E-state index is -0.113. The third kappa shape index (κ3) is 4.69. The Morgan fingerprint density at radius 1 is 1.12 bits per heavy atom. The van der Waals surface area contributed by atoms with Gasteiger partial charge in [-0.1, -0.05) is 6.07 Å². The van der Waals surface area contributed by atoms with Crippen molar-refractivity contribution in [3.05, 3.63) is 47.4 Å². The molecule has 1 aromatic heterocycles. The first-order valence-corrected chi connectivity index (χ1v) is 11.4. The number of carbonyl (C=O) groups is 2. The van der Waals surface area contributed by atoms with E-state index in [2.05, 4.69) is 21.3 Å². The monoisotopic (exact) mass is 436 g/mol. The van der Waals surface area contributed by atoms with Crippen LogP contribution >= 0.6 is 0 Å². The molecule has 3 heterocycles. The minimum Gasteiger partial charge on any atom is -0.373 e. The zero-order chi connectivity index (χ0) is 22.7. The molecule has 0 spiro atoms. The summed E-state index contributed by atoms with van der Waals surface area (Å²) < 4.78 is 0. The fraction of sp³-hybridized carbons (Fsp3) is 0.500. The molecule has 4 rings (SSSR count). The number of nitrogens with zero attached hydrogens (tertiary/aromatic N) is 5.